The van der Waals surface area contributed by atoms with Crippen molar-refractivity contribution in [1.29, 1.82) is 0 Å². The molecular formula is C10H11F2NO2. The van der Waals surface area contributed by atoms with Gasteiger partial charge in [0.25, 0.3) is 0 Å². The SMILES string of the molecule is CN[C@H]1COc2cc(OC(F)F)ccc21. The van der Waals surface area contributed by atoms with Crippen LogP contribution >= 0.6 is 0 Å². The van der Waals surface area contributed by atoms with Crippen LogP contribution in [0.3, 0.4) is 0 Å². The molecule has 15 heavy (non-hydrogen) atoms. The highest BCUT2D eigenvalue weighted by atomic mass is 19.3. The number of nitrogens with one attached hydrogen (secondary N) is 1. The van der Waals surface area contributed by atoms with Crippen LogP contribution in [-0.4, -0.2) is 20.3 Å². The highest BCUT2D eigenvalue weighted by Gasteiger charge is 2.23. The van der Waals surface area contributed by atoms with Crippen LogP contribution < -0.4 is 14.8 Å². The first kappa shape index (κ1) is 10.2. The van der Waals surface area contributed by atoms with Gasteiger partial charge in [0.05, 0.1) is 6.04 Å². The molecule has 2 rings (SSSR count). The van der Waals surface area contributed by atoms with E-state index in [1.807, 2.05) is 7.05 Å². The highest BCUT2D eigenvalue weighted by Crippen LogP contribution is 2.35. The molecule has 0 amide bonds. The van der Waals surface area contributed by atoms with Gasteiger partial charge < -0.3 is 14.8 Å². The quantitative estimate of drug-likeness (QED) is 0.835. The number of ether oxygens (including phenoxy) is 2. The van der Waals surface area contributed by atoms with Crippen molar-refractivity contribution in [2.75, 3.05) is 13.7 Å². The fourth-order valence-electron chi connectivity index (χ4n) is 1.61. The second-order valence-corrected chi connectivity index (χ2v) is 3.23. The molecule has 82 valence electrons. The average molecular weight is 215 g/mol. The summed E-state index contributed by atoms with van der Waals surface area (Å²) in [6, 6.07) is 4.87. The third-order valence-electron chi connectivity index (χ3n) is 2.34. The summed E-state index contributed by atoms with van der Waals surface area (Å²) < 4.78 is 33.5. The van der Waals surface area contributed by atoms with Crippen LogP contribution in [0.1, 0.15) is 11.6 Å². The van der Waals surface area contributed by atoms with Gasteiger partial charge in [-0.25, -0.2) is 0 Å². The van der Waals surface area contributed by atoms with Crippen molar-refractivity contribution < 1.29 is 18.3 Å². The van der Waals surface area contributed by atoms with Crippen molar-refractivity contribution in [3.8, 4) is 11.5 Å². The van der Waals surface area contributed by atoms with Gasteiger partial charge in [-0.15, -0.1) is 0 Å². The van der Waals surface area contributed by atoms with E-state index in [9.17, 15) is 8.78 Å². The maximum atomic E-state index is 11.9. The zero-order chi connectivity index (χ0) is 10.8. The third kappa shape index (κ3) is 2.02. The van der Waals surface area contributed by atoms with Gasteiger partial charge in [-0.1, -0.05) is 0 Å². The lowest BCUT2D eigenvalue weighted by atomic mass is 10.1. The minimum atomic E-state index is -2.80. The lowest BCUT2D eigenvalue weighted by Gasteiger charge is -2.07. The van der Waals surface area contributed by atoms with Crippen LogP contribution in [0, 0.1) is 0 Å². The second-order valence-electron chi connectivity index (χ2n) is 3.23. The molecule has 0 fully saturated rings. The fraction of sp³-hybridized carbons (Fsp3) is 0.400. The molecule has 1 heterocycles. The van der Waals surface area contributed by atoms with Crippen molar-refractivity contribution in [3.63, 3.8) is 0 Å². The van der Waals surface area contributed by atoms with E-state index in [2.05, 4.69) is 10.1 Å². The van der Waals surface area contributed by atoms with Crippen molar-refractivity contribution >= 4 is 0 Å². The Morgan fingerprint density at radius 3 is 3.00 bits per heavy atom. The summed E-state index contributed by atoms with van der Waals surface area (Å²) in [5.41, 5.74) is 0.971. The van der Waals surface area contributed by atoms with Gasteiger partial charge in [-0.05, 0) is 19.2 Å². The zero-order valence-electron chi connectivity index (χ0n) is 8.17. The number of fused-ring (bicyclic) bond motifs is 1. The summed E-state index contributed by atoms with van der Waals surface area (Å²) in [5.74, 6) is 0.730. The van der Waals surface area contributed by atoms with Gasteiger partial charge in [-0.3, -0.25) is 0 Å². The lowest BCUT2D eigenvalue weighted by Crippen LogP contribution is -2.17. The van der Waals surface area contributed by atoms with Crippen molar-refractivity contribution in [3.05, 3.63) is 23.8 Å². The largest absolute Gasteiger partial charge is 0.491 e. The van der Waals surface area contributed by atoms with Gasteiger partial charge in [0.2, 0.25) is 0 Å². The predicted molar refractivity (Wildman–Crippen MR) is 50.4 cm³/mol. The minimum Gasteiger partial charge on any atom is -0.491 e. The molecule has 3 nitrogen and oxygen atoms in total. The maximum absolute atomic E-state index is 11.9. The van der Waals surface area contributed by atoms with E-state index >= 15 is 0 Å². The number of rotatable bonds is 3. The Balaban J connectivity index is 2.21. The fourth-order valence-corrected chi connectivity index (χ4v) is 1.61. The molecule has 0 aromatic heterocycles. The van der Waals surface area contributed by atoms with E-state index in [1.54, 1.807) is 6.07 Å². The standard InChI is InChI=1S/C10H11F2NO2/c1-13-8-5-14-9-4-6(15-10(11)12)2-3-7(8)9/h2-4,8,10,13H,5H2,1H3/t8-/m0/s1. The molecule has 0 spiro atoms. The molecule has 0 radical (unpaired) electrons. The number of halogens is 2. The highest BCUT2D eigenvalue weighted by molar-refractivity contribution is 5.44. The molecule has 1 aromatic rings. The lowest BCUT2D eigenvalue weighted by molar-refractivity contribution is -0.0499. The second kappa shape index (κ2) is 4.02. The Morgan fingerprint density at radius 1 is 1.53 bits per heavy atom. The average Bonchev–Trinajstić information content (AvgIpc) is 2.58. The molecule has 1 aromatic carbocycles. The molecule has 0 saturated carbocycles. The van der Waals surface area contributed by atoms with Crippen LogP contribution in [0.4, 0.5) is 8.78 Å². The van der Waals surface area contributed by atoms with Crippen molar-refractivity contribution in [2.24, 2.45) is 0 Å². The first-order valence-corrected chi connectivity index (χ1v) is 4.59. The Bertz CT molecular complexity index is 357. The molecule has 0 unspecified atom stereocenters. The summed E-state index contributed by atoms with van der Waals surface area (Å²) in [4.78, 5) is 0. The summed E-state index contributed by atoms with van der Waals surface area (Å²) in [6.07, 6.45) is 0. The zero-order valence-corrected chi connectivity index (χ0v) is 8.17. The Morgan fingerprint density at radius 2 is 2.33 bits per heavy atom. The third-order valence-corrected chi connectivity index (χ3v) is 2.34. The van der Waals surface area contributed by atoms with E-state index in [0.29, 0.717) is 12.4 Å². The number of hydrogen-bond acceptors (Lipinski definition) is 3. The van der Waals surface area contributed by atoms with Gasteiger partial charge in [0.1, 0.15) is 18.1 Å². The first-order valence-electron chi connectivity index (χ1n) is 4.59. The van der Waals surface area contributed by atoms with Gasteiger partial charge in [0.15, 0.2) is 0 Å². The topological polar surface area (TPSA) is 30.5 Å². The van der Waals surface area contributed by atoms with Gasteiger partial charge >= 0.3 is 6.61 Å². The van der Waals surface area contributed by atoms with Gasteiger partial charge in [-0.2, -0.15) is 8.78 Å². The number of hydrogen-bond donors (Lipinski definition) is 1. The molecule has 0 bridgehead atoms. The smallest absolute Gasteiger partial charge is 0.387 e. The summed E-state index contributed by atoms with van der Waals surface area (Å²) in [5, 5.41) is 3.07. The summed E-state index contributed by atoms with van der Waals surface area (Å²) in [6.45, 7) is -2.28. The maximum Gasteiger partial charge on any atom is 0.387 e. The summed E-state index contributed by atoms with van der Waals surface area (Å²) in [7, 11) is 1.83. The molecule has 5 heteroatoms. The molecule has 0 aliphatic carbocycles. The Hall–Kier alpha value is -1.36. The molecule has 0 saturated heterocycles. The summed E-state index contributed by atoms with van der Waals surface area (Å²) >= 11 is 0. The van der Waals surface area contributed by atoms with Crippen LogP contribution in [0.5, 0.6) is 11.5 Å². The first-order chi connectivity index (χ1) is 7.20. The van der Waals surface area contributed by atoms with Gasteiger partial charge in [0, 0.05) is 11.6 Å². The van der Waals surface area contributed by atoms with E-state index in [1.165, 1.54) is 12.1 Å². The van der Waals surface area contributed by atoms with E-state index < -0.39 is 6.61 Å². The molecule has 1 N–H and O–H groups in total. The normalized spacial score (nSPS) is 18.8. The minimum absolute atomic E-state index is 0.125. The molecular weight excluding hydrogens is 204 g/mol. The Labute approximate surface area is 86.0 Å². The molecule has 1 atom stereocenters. The number of benzene rings is 1. The van der Waals surface area contributed by atoms with Crippen molar-refractivity contribution in [1.82, 2.24) is 5.32 Å². The van der Waals surface area contributed by atoms with Crippen LogP contribution in [0.25, 0.3) is 0 Å². The molecule has 1 aliphatic rings. The monoisotopic (exact) mass is 215 g/mol. The Kier molecular flexibility index (Phi) is 2.73. The van der Waals surface area contributed by atoms with E-state index in [-0.39, 0.29) is 11.8 Å². The molecule has 1 aliphatic heterocycles. The van der Waals surface area contributed by atoms with Crippen LogP contribution in [0.2, 0.25) is 0 Å². The van der Waals surface area contributed by atoms with Crippen LogP contribution in [0.15, 0.2) is 18.2 Å². The number of likely N-dealkylation sites (N-methyl/N-ethyl adjacent to an activating group) is 1. The number of alkyl halides is 2. The van der Waals surface area contributed by atoms with Crippen LogP contribution in [-0.2, 0) is 0 Å². The van der Waals surface area contributed by atoms with E-state index in [0.717, 1.165) is 5.56 Å². The predicted octanol–water partition coefficient (Wildman–Crippen LogP) is 1.94. The van der Waals surface area contributed by atoms with Crippen molar-refractivity contribution in [2.45, 2.75) is 12.7 Å². The van der Waals surface area contributed by atoms with E-state index in [4.69, 9.17) is 4.74 Å².